The molecule has 2 N–H and O–H groups in total. The number of hydrogen-bond acceptors (Lipinski definition) is 5. The minimum atomic E-state index is -3.12. The first-order valence-electron chi connectivity index (χ1n) is 6.46. The first kappa shape index (κ1) is 14.6. The topological polar surface area (TPSA) is 89.7 Å². The fraction of sp³-hybridized carbons (Fsp3) is 0.462. The maximum Gasteiger partial charge on any atom is 0.265 e. The molecule has 0 fully saturated rings. The van der Waals surface area contributed by atoms with Gasteiger partial charge in [-0.3, -0.25) is 4.79 Å². The van der Waals surface area contributed by atoms with Crippen molar-refractivity contribution in [2.75, 3.05) is 35.3 Å². The van der Waals surface area contributed by atoms with E-state index in [1.165, 1.54) is 4.90 Å². The Labute approximate surface area is 118 Å². The lowest BCUT2D eigenvalue weighted by molar-refractivity contribution is -0.121. The molecule has 0 radical (unpaired) electrons. The van der Waals surface area contributed by atoms with Crippen LogP contribution in [-0.2, 0) is 14.6 Å². The summed E-state index contributed by atoms with van der Waals surface area (Å²) in [6.07, 6.45) is 0.576. The third-order valence-corrected chi connectivity index (χ3v) is 4.90. The number of nitrogens with two attached hydrogens (primary N) is 1. The second-order valence-corrected chi connectivity index (χ2v) is 7.02. The number of ether oxygens (including phenoxy) is 1. The molecule has 0 saturated carbocycles. The lowest BCUT2D eigenvalue weighted by atomic mass is 10.2. The fourth-order valence-corrected chi connectivity index (χ4v) is 3.40. The van der Waals surface area contributed by atoms with E-state index in [2.05, 4.69) is 0 Å². The van der Waals surface area contributed by atoms with Crippen molar-refractivity contribution >= 4 is 27.1 Å². The predicted octanol–water partition coefficient (Wildman–Crippen LogP) is 0.819. The lowest BCUT2D eigenvalue weighted by Gasteiger charge is -2.29. The number of anilines is 2. The van der Waals surface area contributed by atoms with Gasteiger partial charge in [0.05, 0.1) is 11.4 Å². The van der Waals surface area contributed by atoms with Crippen molar-refractivity contribution in [3.63, 3.8) is 0 Å². The zero-order chi connectivity index (χ0) is 14.8. The van der Waals surface area contributed by atoms with Crippen molar-refractivity contribution in [1.29, 1.82) is 0 Å². The quantitative estimate of drug-likeness (QED) is 0.813. The van der Waals surface area contributed by atoms with Gasteiger partial charge in [-0.25, -0.2) is 8.42 Å². The molecule has 0 saturated heterocycles. The van der Waals surface area contributed by atoms with E-state index in [-0.39, 0.29) is 30.6 Å². The summed E-state index contributed by atoms with van der Waals surface area (Å²) in [5.41, 5.74) is 6.78. The Hall–Kier alpha value is -1.76. The van der Waals surface area contributed by atoms with E-state index in [9.17, 15) is 13.2 Å². The van der Waals surface area contributed by atoms with Crippen LogP contribution >= 0.6 is 0 Å². The van der Waals surface area contributed by atoms with Crippen LogP contribution in [0.15, 0.2) is 18.2 Å². The normalized spacial score (nSPS) is 14.8. The van der Waals surface area contributed by atoms with Gasteiger partial charge in [0.15, 0.2) is 16.4 Å². The molecule has 1 heterocycles. The number of nitrogens with zero attached hydrogens (tertiary/aromatic N) is 1. The van der Waals surface area contributed by atoms with Gasteiger partial charge >= 0.3 is 0 Å². The minimum Gasteiger partial charge on any atom is -0.481 e. The van der Waals surface area contributed by atoms with Gasteiger partial charge < -0.3 is 15.4 Å². The smallest absolute Gasteiger partial charge is 0.265 e. The van der Waals surface area contributed by atoms with Gasteiger partial charge in [-0.2, -0.15) is 0 Å². The van der Waals surface area contributed by atoms with Gasteiger partial charge in [-0.1, -0.05) is 6.92 Å². The monoisotopic (exact) mass is 298 g/mol. The summed E-state index contributed by atoms with van der Waals surface area (Å²) in [4.78, 5) is 13.3. The Morgan fingerprint density at radius 3 is 2.80 bits per heavy atom. The lowest BCUT2D eigenvalue weighted by Crippen LogP contribution is -2.41. The molecule has 2 rings (SSSR count). The molecule has 1 amide bonds. The van der Waals surface area contributed by atoms with Gasteiger partial charge in [0.25, 0.3) is 5.91 Å². The highest BCUT2D eigenvalue weighted by Gasteiger charge is 2.26. The fourth-order valence-electron chi connectivity index (χ4n) is 2.11. The highest BCUT2D eigenvalue weighted by molar-refractivity contribution is 7.91. The van der Waals surface area contributed by atoms with Crippen LogP contribution < -0.4 is 15.4 Å². The summed E-state index contributed by atoms with van der Waals surface area (Å²) >= 11 is 0. The number of rotatable bonds is 5. The minimum absolute atomic E-state index is 0.0452. The van der Waals surface area contributed by atoms with Crippen LogP contribution in [0, 0.1) is 0 Å². The van der Waals surface area contributed by atoms with Crippen LogP contribution in [0.1, 0.15) is 13.3 Å². The molecule has 0 aliphatic carbocycles. The average molecular weight is 298 g/mol. The first-order valence-corrected chi connectivity index (χ1v) is 8.28. The molecular formula is C13H18N2O4S. The largest absolute Gasteiger partial charge is 0.481 e. The van der Waals surface area contributed by atoms with Gasteiger partial charge in [-0.05, 0) is 18.6 Å². The average Bonchev–Trinajstić information content (AvgIpc) is 2.37. The van der Waals surface area contributed by atoms with Crippen LogP contribution in [0.25, 0.3) is 0 Å². The Bertz CT molecular complexity index is 613. The molecule has 1 aliphatic rings. The maximum absolute atomic E-state index is 11.9. The van der Waals surface area contributed by atoms with Crippen LogP contribution in [-0.4, -0.2) is 39.0 Å². The molecule has 1 aromatic carbocycles. The number of benzene rings is 1. The van der Waals surface area contributed by atoms with Crippen molar-refractivity contribution < 1.29 is 17.9 Å². The third-order valence-electron chi connectivity index (χ3n) is 3.07. The number of nitrogen functional groups attached to an aromatic ring is 1. The standard InChI is InChI=1S/C13H18N2O4S/c1-2-6-20(17,18)7-5-15-11-4-3-10(14)8-12(11)19-9-13(15)16/h3-4,8H,2,5-7,9,14H2,1H3. The van der Waals surface area contributed by atoms with Crippen molar-refractivity contribution in [2.45, 2.75) is 13.3 Å². The van der Waals surface area contributed by atoms with E-state index in [1.807, 2.05) is 6.92 Å². The molecule has 20 heavy (non-hydrogen) atoms. The van der Waals surface area contributed by atoms with Gasteiger partial charge in [-0.15, -0.1) is 0 Å². The molecule has 0 bridgehead atoms. The third kappa shape index (κ3) is 3.22. The van der Waals surface area contributed by atoms with E-state index in [4.69, 9.17) is 10.5 Å². The first-order chi connectivity index (χ1) is 9.43. The number of amides is 1. The highest BCUT2D eigenvalue weighted by Crippen LogP contribution is 2.33. The molecule has 0 unspecified atom stereocenters. The molecule has 7 heteroatoms. The summed E-state index contributed by atoms with van der Waals surface area (Å²) in [7, 11) is -3.12. The second-order valence-electron chi connectivity index (χ2n) is 4.71. The van der Waals surface area contributed by atoms with Gasteiger partial charge in [0.1, 0.15) is 5.75 Å². The number of carbonyl (C=O) groups excluding carboxylic acids is 1. The Balaban J connectivity index is 2.18. The summed E-state index contributed by atoms with van der Waals surface area (Å²) in [5, 5.41) is 0. The molecular weight excluding hydrogens is 280 g/mol. The number of sulfone groups is 1. The summed E-state index contributed by atoms with van der Waals surface area (Å²) in [6.45, 7) is 1.86. The van der Waals surface area contributed by atoms with Crippen molar-refractivity contribution in [2.24, 2.45) is 0 Å². The second kappa shape index (κ2) is 5.70. The Kier molecular flexibility index (Phi) is 4.17. The van der Waals surface area contributed by atoms with Crippen molar-refractivity contribution in [3.8, 4) is 5.75 Å². The zero-order valence-electron chi connectivity index (χ0n) is 11.3. The summed E-state index contributed by atoms with van der Waals surface area (Å²) in [5.74, 6) is 0.364. The van der Waals surface area contributed by atoms with E-state index in [0.717, 1.165) is 0 Å². The van der Waals surface area contributed by atoms with Crippen molar-refractivity contribution in [1.82, 2.24) is 0 Å². The van der Waals surface area contributed by atoms with Crippen molar-refractivity contribution in [3.05, 3.63) is 18.2 Å². The summed E-state index contributed by atoms with van der Waals surface area (Å²) in [6, 6.07) is 4.97. The van der Waals surface area contributed by atoms with E-state index in [0.29, 0.717) is 23.5 Å². The molecule has 6 nitrogen and oxygen atoms in total. The van der Waals surface area contributed by atoms with E-state index in [1.54, 1.807) is 18.2 Å². The SMILES string of the molecule is CCCS(=O)(=O)CCN1C(=O)COc2cc(N)ccc21. The Morgan fingerprint density at radius 2 is 2.10 bits per heavy atom. The molecule has 1 aromatic rings. The molecule has 110 valence electrons. The zero-order valence-corrected chi connectivity index (χ0v) is 12.1. The van der Waals surface area contributed by atoms with Gasteiger partial charge in [0.2, 0.25) is 0 Å². The molecule has 1 aliphatic heterocycles. The molecule has 0 atom stereocenters. The van der Waals surface area contributed by atoms with Gasteiger partial charge in [0, 0.05) is 24.1 Å². The van der Waals surface area contributed by atoms with E-state index >= 15 is 0 Å². The van der Waals surface area contributed by atoms with Crippen LogP contribution in [0.2, 0.25) is 0 Å². The Morgan fingerprint density at radius 1 is 1.35 bits per heavy atom. The van der Waals surface area contributed by atoms with Crippen LogP contribution in [0.3, 0.4) is 0 Å². The molecule has 0 aromatic heterocycles. The highest BCUT2D eigenvalue weighted by atomic mass is 32.2. The number of hydrogen-bond donors (Lipinski definition) is 1. The maximum atomic E-state index is 11.9. The summed E-state index contributed by atoms with van der Waals surface area (Å²) < 4.78 is 28.8. The van der Waals surface area contributed by atoms with Crippen LogP contribution in [0.5, 0.6) is 5.75 Å². The molecule has 0 spiro atoms. The predicted molar refractivity (Wildman–Crippen MR) is 77.6 cm³/mol. The number of carbonyl (C=O) groups is 1. The van der Waals surface area contributed by atoms with Crippen LogP contribution in [0.4, 0.5) is 11.4 Å². The number of fused-ring (bicyclic) bond motifs is 1. The van der Waals surface area contributed by atoms with E-state index < -0.39 is 9.84 Å².